The molecular weight excluding hydrogens is 843 g/mol. The van der Waals surface area contributed by atoms with Crippen LogP contribution in [0.4, 0.5) is 0 Å². The van der Waals surface area contributed by atoms with E-state index >= 15 is 0 Å². The number of aromatic amines is 2. The number of halogens is 3. The Labute approximate surface area is 323 Å². The molecule has 0 spiro atoms. The van der Waals surface area contributed by atoms with Crippen LogP contribution in [0.5, 0.6) is 0 Å². The summed E-state index contributed by atoms with van der Waals surface area (Å²) in [4.78, 5) is 36.8. The maximum Gasteiger partial charge on any atom is 0.353 e. The van der Waals surface area contributed by atoms with Gasteiger partial charge in [0.05, 0.1) is 0 Å². The van der Waals surface area contributed by atoms with E-state index in [-0.39, 0.29) is 0 Å². The number of rotatable bonds is 0. The molecule has 0 saturated carbocycles. The Morgan fingerprint density at radius 2 is 0.545 bits per heavy atom. The summed E-state index contributed by atoms with van der Waals surface area (Å²) in [6, 6.07) is 32.2. The number of nitrogens with zero attached hydrogens (tertiary/aromatic N) is 6. The number of hydrogen-bond acceptors (Lipinski definition) is 12. The molecule has 9 rings (SSSR count). The minimum Gasteiger partial charge on any atom is -0.324 e. The van der Waals surface area contributed by atoms with Crippen molar-refractivity contribution in [1.82, 2.24) is 39.9 Å². The van der Waals surface area contributed by atoms with Crippen LogP contribution in [-0.2, 0) is 28.0 Å². The maximum atomic E-state index is 8.95. The summed E-state index contributed by atoms with van der Waals surface area (Å²) >= 11 is 0. The number of nitrogens with one attached hydrogen (secondary N) is 2. The summed E-state index contributed by atoms with van der Waals surface area (Å²) in [5.74, 6) is 2.39. The zero-order chi connectivity index (χ0) is 39.7. The molecule has 55 heavy (non-hydrogen) atoms. The first-order chi connectivity index (χ1) is 25.8. The lowest BCUT2D eigenvalue weighted by Gasteiger charge is -1.96. The number of hydrogen-bond donors (Lipinski definition) is 5. The molecule has 0 fully saturated rings. The van der Waals surface area contributed by atoms with Gasteiger partial charge in [-0.05, 0) is 0 Å². The van der Waals surface area contributed by atoms with E-state index in [0.29, 0.717) is 45.9 Å². The molecule has 23 heteroatoms. The van der Waals surface area contributed by atoms with Crippen LogP contribution in [0.15, 0.2) is 97.1 Å². The predicted octanol–water partition coefficient (Wildman–Crippen LogP) is 6.95. The molecule has 2 aliphatic rings. The molecule has 0 saturated heterocycles. The molecule has 3 aromatic heterocycles. The van der Waals surface area contributed by atoms with Crippen molar-refractivity contribution in [2.45, 2.75) is 0 Å². The lowest BCUT2D eigenvalue weighted by atomic mass is 10.1. The highest BCUT2D eigenvalue weighted by Crippen LogP contribution is 2.36. The van der Waals surface area contributed by atoms with E-state index in [4.69, 9.17) is 68.8 Å². The van der Waals surface area contributed by atoms with Gasteiger partial charge in [0.1, 0.15) is 22.6 Å². The first-order valence-electron chi connectivity index (χ1n) is 15.0. The summed E-state index contributed by atoms with van der Waals surface area (Å²) in [5, 5.41) is 3.82. The molecule has 5 heterocycles. The van der Waals surface area contributed by atoms with Crippen molar-refractivity contribution in [1.29, 1.82) is 0 Å². The van der Waals surface area contributed by atoms with Gasteiger partial charge in [-0.25, -0.2) is 29.9 Å². The van der Waals surface area contributed by atoms with E-state index in [1.54, 1.807) is 0 Å². The first-order valence-corrected chi connectivity index (χ1v) is 21.8. The van der Waals surface area contributed by atoms with Crippen LogP contribution < -0.4 is 0 Å². The summed E-state index contributed by atoms with van der Waals surface area (Å²) in [6.45, 7) is 0. The fourth-order valence-corrected chi connectivity index (χ4v) is 5.59. The Morgan fingerprint density at radius 1 is 0.364 bits per heavy atom. The molecule has 282 valence electrons. The van der Waals surface area contributed by atoms with Gasteiger partial charge < -0.3 is 9.97 Å². The van der Waals surface area contributed by atoms with Crippen LogP contribution >= 0.6 is 32.0 Å². The van der Waals surface area contributed by atoms with Crippen LogP contribution in [0, 0.1) is 0 Å². The van der Waals surface area contributed by atoms with Crippen molar-refractivity contribution in [2.24, 2.45) is 0 Å². The van der Waals surface area contributed by atoms with Gasteiger partial charge in [0.15, 0.2) is 23.3 Å². The van der Waals surface area contributed by atoms with Gasteiger partial charge in [0, 0.05) is 75.8 Å². The zero-order valence-electron chi connectivity index (χ0n) is 27.1. The van der Waals surface area contributed by atoms with Crippen molar-refractivity contribution in [3.05, 3.63) is 97.1 Å². The van der Waals surface area contributed by atoms with E-state index in [0.717, 1.165) is 43.8 Å². The first kappa shape index (κ1) is 39.5. The normalized spacial score (nSPS) is 11.9. The Hall–Kier alpha value is -5.16. The third-order valence-electron chi connectivity index (χ3n) is 7.46. The molecule has 17 nitrogen and oxygen atoms in total. The van der Waals surface area contributed by atoms with Gasteiger partial charge in [0.25, 0.3) is 0 Å². The molecule has 8 bridgehead atoms. The van der Waals surface area contributed by atoms with Crippen molar-refractivity contribution in [3.8, 4) is 45.6 Å². The predicted molar refractivity (Wildman–Crippen MR) is 208 cm³/mol. The van der Waals surface area contributed by atoms with Crippen LogP contribution in [0.1, 0.15) is 0 Å². The van der Waals surface area contributed by atoms with Crippen molar-refractivity contribution >= 4 is 104 Å². The van der Waals surface area contributed by atoms with Crippen molar-refractivity contribution < 1.29 is 38.9 Å². The Balaban J connectivity index is 0.000000295. The van der Waals surface area contributed by atoms with Crippen molar-refractivity contribution in [2.75, 3.05) is 0 Å². The second-order valence-electron chi connectivity index (χ2n) is 11.0. The number of H-pyrrole nitrogens is 2. The molecule has 0 aliphatic carbocycles. The molecular formula is C32H21Cl3N8O9S3. The standard InChI is InChI=1S/C32H18N8.3ClHO3S/c1-2-10-18-17(9-1)25-33-26(18)38-28-21-13-5-6-14-22(21)30(35-28)40-32-24-16-8-7-15-23(24)31(36-32)39-29-20-12-4-3-11-19(20)27(34-29)37-25;3*1-5(2,3)4/h1-16H,(H2,33,34,35,36,37,38,39,40);3*(H,2,3,4). The van der Waals surface area contributed by atoms with E-state index in [2.05, 4.69) is 42.0 Å². The fourth-order valence-electron chi connectivity index (χ4n) is 5.59. The highest BCUT2D eigenvalue weighted by Gasteiger charge is 2.21. The zero-order valence-corrected chi connectivity index (χ0v) is 31.8. The van der Waals surface area contributed by atoms with Gasteiger partial charge in [-0.2, -0.15) is 25.3 Å². The highest BCUT2D eigenvalue weighted by atomic mass is 35.7. The molecule has 0 radical (unpaired) electrons. The summed E-state index contributed by atoms with van der Waals surface area (Å²) in [6.07, 6.45) is 0. The lowest BCUT2D eigenvalue weighted by molar-refractivity contribution is 0.499. The second kappa shape index (κ2) is 15.5. The Kier molecular flexibility index (Phi) is 11.2. The van der Waals surface area contributed by atoms with Crippen LogP contribution in [0.25, 0.3) is 89.7 Å². The monoisotopic (exact) mass is 862 g/mol. The van der Waals surface area contributed by atoms with E-state index < -0.39 is 28.0 Å². The number of fused-ring (bicyclic) bond motifs is 20. The molecule has 7 aromatic rings. The van der Waals surface area contributed by atoms with Crippen LogP contribution in [-0.4, -0.2) is 78.8 Å². The highest BCUT2D eigenvalue weighted by molar-refractivity contribution is 8.09. The van der Waals surface area contributed by atoms with Crippen molar-refractivity contribution in [3.63, 3.8) is 0 Å². The third-order valence-corrected chi connectivity index (χ3v) is 7.46. The summed E-state index contributed by atoms with van der Waals surface area (Å²) < 4.78 is 75.5. The summed E-state index contributed by atoms with van der Waals surface area (Å²) in [5.41, 5.74) is 6.45. The fraction of sp³-hybridized carbons (Fsp3) is 0. The summed E-state index contributed by atoms with van der Waals surface area (Å²) in [7, 11) is -0.410. The maximum absolute atomic E-state index is 8.95. The number of aromatic nitrogens is 8. The average molecular weight is 864 g/mol. The molecule has 2 aliphatic heterocycles. The minimum absolute atomic E-state index is 0.597. The quantitative estimate of drug-likeness (QED) is 0.0762. The smallest absolute Gasteiger partial charge is 0.324 e. The van der Waals surface area contributed by atoms with Gasteiger partial charge in [-0.1, -0.05) is 97.1 Å². The van der Waals surface area contributed by atoms with Gasteiger partial charge in [-0.15, -0.1) is 0 Å². The van der Waals surface area contributed by atoms with Gasteiger partial charge in [0.2, 0.25) is 0 Å². The van der Waals surface area contributed by atoms with E-state index in [1.165, 1.54) is 0 Å². The molecule has 0 atom stereocenters. The third kappa shape index (κ3) is 10.1. The molecule has 4 aromatic carbocycles. The van der Waals surface area contributed by atoms with Crippen LogP contribution in [0.2, 0.25) is 0 Å². The topological polar surface area (TPSA) is 272 Å². The largest absolute Gasteiger partial charge is 0.353 e. The molecule has 0 unspecified atom stereocenters. The van der Waals surface area contributed by atoms with Crippen LogP contribution in [0.3, 0.4) is 0 Å². The van der Waals surface area contributed by atoms with E-state index in [9.17, 15) is 0 Å². The van der Waals surface area contributed by atoms with Gasteiger partial charge >= 0.3 is 28.0 Å². The minimum atomic E-state index is -4.19. The number of benzene rings is 4. The molecule has 0 amide bonds. The second-order valence-corrected chi connectivity index (χ2v) is 17.0. The van der Waals surface area contributed by atoms with Gasteiger partial charge in [-0.3, -0.25) is 13.7 Å². The molecule has 5 N–H and O–H groups in total. The van der Waals surface area contributed by atoms with E-state index in [1.807, 2.05) is 97.1 Å². The average Bonchev–Trinajstić information content (AvgIpc) is 3.82. The lowest BCUT2D eigenvalue weighted by Crippen LogP contribution is -1.82. The SMILES string of the molecule is O=S(=O)(O)Cl.O=S(=O)(O)Cl.O=S(=O)(O)Cl.c1ccc2c(c1)-c1nc-2nc2[nH]c(nc3nc(nc4[nH]c(n1)c1ccccc41)-c1ccccc1-3)c1ccccc21. The Bertz CT molecular complexity index is 2730. The Morgan fingerprint density at radius 3 is 0.745 bits per heavy atom.